The number of allylic oxidation sites excluding steroid dienone is 2. The normalized spacial score (nSPS) is 12.3. The highest BCUT2D eigenvalue weighted by Gasteiger charge is 2.10. The molecular formula is C26H38N2O2. The van der Waals surface area contributed by atoms with Gasteiger partial charge in [0.05, 0.1) is 0 Å². The van der Waals surface area contributed by atoms with E-state index in [0.29, 0.717) is 13.2 Å². The molecule has 0 bridgehead atoms. The Labute approximate surface area is 183 Å². The van der Waals surface area contributed by atoms with Crippen LogP contribution in [-0.4, -0.2) is 64.3 Å². The van der Waals surface area contributed by atoms with E-state index < -0.39 is 0 Å². The second kappa shape index (κ2) is 12.4. The van der Waals surface area contributed by atoms with Crippen LogP contribution in [0.1, 0.15) is 37.8 Å². The van der Waals surface area contributed by atoms with Crippen LogP contribution < -0.4 is 9.47 Å². The lowest BCUT2D eigenvalue weighted by molar-refractivity contribution is 0.261. The Hall–Kier alpha value is -2.30. The van der Waals surface area contributed by atoms with Crippen LogP contribution in [0.2, 0.25) is 0 Å². The lowest BCUT2D eigenvalue weighted by atomic mass is 9.91. The third-order valence-corrected chi connectivity index (χ3v) is 5.09. The first-order valence-corrected chi connectivity index (χ1v) is 10.9. The van der Waals surface area contributed by atoms with Gasteiger partial charge in [-0.2, -0.15) is 0 Å². The van der Waals surface area contributed by atoms with Crippen LogP contribution >= 0.6 is 0 Å². The predicted octanol–water partition coefficient (Wildman–Crippen LogP) is 5.30. The smallest absolute Gasteiger partial charge is 0.119 e. The average molecular weight is 411 g/mol. The summed E-state index contributed by atoms with van der Waals surface area (Å²) in [6, 6.07) is 17.0. The first kappa shape index (κ1) is 24.0. The van der Waals surface area contributed by atoms with E-state index >= 15 is 0 Å². The van der Waals surface area contributed by atoms with Crippen molar-refractivity contribution in [2.45, 2.75) is 26.7 Å². The van der Waals surface area contributed by atoms with Crippen molar-refractivity contribution in [3.63, 3.8) is 0 Å². The Bertz CT molecular complexity index is 710. The molecule has 0 radical (unpaired) electrons. The SMILES string of the molecule is CC/C(=C(\CC)c1ccc(OCCN(C)C)cc1)c1ccc(OCCN(C)C)cc1. The lowest BCUT2D eigenvalue weighted by Gasteiger charge is -2.16. The minimum atomic E-state index is 0.700. The molecule has 0 aliphatic heterocycles. The molecule has 2 rings (SSSR count). The third kappa shape index (κ3) is 7.51. The molecule has 0 saturated carbocycles. The van der Waals surface area contributed by atoms with Crippen molar-refractivity contribution >= 4 is 11.1 Å². The van der Waals surface area contributed by atoms with Crippen LogP contribution in [-0.2, 0) is 0 Å². The quantitative estimate of drug-likeness (QED) is 0.443. The van der Waals surface area contributed by atoms with E-state index in [1.807, 2.05) is 0 Å². The fraction of sp³-hybridized carbons (Fsp3) is 0.462. The number of benzene rings is 2. The van der Waals surface area contributed by atoms with Crippen molar-refractivity contribution in [1.82, 2.24) is 9.80 Å². The fourth-order valence-electron chi connectivity index (χ4n) is 3.38. The Morgan fingerprint density at radius 2 is 0.933 bits per heavy atom. The number of hydrogen-bond acceptors (Lipinski definition) is 4. The van der Waals surface area contributed by atoms with Crippen molar-refractivity contribution < 1.29 is 9.47 Å². The van der Waals surface area contributed by atoms with Crippen LogP contribution in [0.3, 0.4) is 0 Å². The van der Waals surface area contributed by atoms with Gasteiger partial charge in [-0.15, -0.1) is 0 Å². The number of rotatable bonds is 12. The van der Waals surface area contributed by atoms with Crippen LogP contribution in [0.5, 0.6) is 11.5 Å². The summed E-state index contributed by atoms with van der Waals surface area (Å²) >= 11 is 0. The summed E-state index contributed by atoms with van der Waals surface area (Å²) in [6.45, 7) is 7.68. The number of likely N-dealkylation sites (N-methyl/N-ethyl adjacent to an activating group) is 2. The molecule has 0 amide bonds. The maximum absolute atomic E-state index is 5.84. The van der Waals surface area contributed by atoms with Gasteiger partial charge >= 0.3 is 0 Å². The molecule has 4 nitrogen and oxygen atoms in total. The monoisotopic (exact) mass is 410 g/mol. The van der Waals surface area contributed by atoms with E-state index in [9.17, 15) is 0 Å². The van der Waals surface area contributed by atoms with Crippen molar-refractivity contribution in [2.24, 2.45) is 0 Å². The summed E-state index contributed by atoms with van der Waals surface area (Å²) in [5.74, 6) is 1.85. The van der Waals surface area contributed by atoms with Gasteiger partial charge in [-0.25, -0.2) is 0 Å². The van der Waals surface area contributed by atoms with E-state index in [-0.39, 0.29) is 0 Å². The molecule has 2 aromatic rings. The first-order chi connectivity index (χ1) is 14.4. The van der Waals surface area contributed by atoms with Gasteiger partial charge in [-0.3, -0.25) is 0 Å². The molecule has 0 aromatic heterocycles. The molecule has 0 fully saturated rings. The molecule has 0 aliphatic rings. The molecule has 0 N–H and O–H groups in total. The summed E-state index contributed by atoms with van der Waals surface area (Å²) in [7, 11) is 8.22. The van der Waals surface area contributed by atoms with Gasteiger partial charge < -0.3 is 19.3 Å². The number of hydrogen-bond donors (Lipinski definition) is 0. The predicted molar refractivity (Wildman–Crippen MR) is 128 cm³/mol. The van der Waals surface area contributed by atoms with E-state index in [4.69, 9.17) is 9.47 Å². The molecule has 0 aliphatic carbocycles. The van der Waals surface area contributed by atoms with E-state index in [0.717, 1.165) is 37.4 Å². The van der Waals surface area contributed by atoms with Crippen LogP contribution in [0, 0.1) is 0 Å². The standard InChI is InChI=1S/C26H38N2O2/c1-7-25(21-9-13-23(14-10-21)29-19-17-27(3)4)26(8-2)22-11-15-24(16-12-22)30-20-18-28(5)6/h9-16H,7-8,17-20H2,1-6H3/b26-25-. The van der Waals surface area contributed by atoms with Gasteiger partial charge in [0.15, 0.2) is 0 Å². The van der Waals surface area contributed by atoms with Crippen molar-refractivity contribution in [1.29, 1.82) is 0 Å². The zero-order valence-corrected chi connectivity index (χ0v) is 19.6. The molecule has 0 unspecified atom stereocenters. The largest absolute Gasteiger partial charge is 0.492 e. The average Bonchev–Trinajstić information content (AvgIpc) is 2.73. The second-order valence-electron chi connectivity index (χ2n) is 8.02. The van der Waals surface area contributed by atoms with Gasteiger partial charge in [0.1, 0.15) is 24.7 Å². The highest BCUT2D eigenvalue weighted by atomic mass is 16.5. The summed E-state index contributed by atoms with van der Waals surface area (Å²) < 4.78 is 11.7. The molecule has 164 valence electrons. The fourth-order valence-corrected chi connectivity index (χ4v) is 3.38. The van der Waals surface area contributed by atoms with Gasteiger partial charge in [-0.1, -0.05) is 38.1 Å². The summed E-state index contributed by atoms with van der Waals surface area (Å²) in [4.78, 5) is 4.25. The third-order valence-electron chi connectivity index (χ3n) is 5.09. The van der Waals surface area contributed by atoms with Crippen molar-refractivity contribution in [3.8, 4) is 11.5 Å². The van der Waals surface area contributed by atoms with Crippen molar-refractivity contribution in [2.75, 3.05) is 54.5 Å². The van der Waals surface area contributed by atoms with Crippen LogP contribution in [0.4, 0.5) is 0 Å². The zero-order chi connectivity index (χ0) is 21.9. The first-order valence-electron chi connectivity index (χ1n) is 10.9. The second-order valence-corrected chi connectivity index (χ2v) is 8.02. The lowest BCUT2D eigenvalue weighted by Crippen LogP contribution is -2.19. The topological polar surface area (TPSA) is 24.9 Å². The number of ether oxygens (including phenoxy) is 2. The number of nitrogens with zero attached hydrogens (tertiary/aromatic N) is 2. The summed E-state index contributed by atoms with van der Waals surface area (Å²) in [6.07, 6.45) is 1.98. The maximum Gasteiger partial charge on any atom is 0.119 e. The van der Waals surface area contributed by atoms with Crippen LogP contribution in [0.25, 0.3) is 11.1 Å². The highest BCUT2D eigenvalue weighted by molar-refractivity contribution is 5.90. The van der Waals surface area contributed by atoms with Gasteiger partial charge in [0, 0.05) is 13.1 Å². The van der Waals surface area contributed by atoms with Gasteiger partial charge in [0.2, 0.25) is 0 Å². The molecule has 0 atom stereocenters. The zero-order valence-electron chi connectivity index (χ0n) is 19.6. The van der Waals surface area contributed by atoms with Gasteiger partial charge in [0.25, 0.3) is 0 Å². The molecule has 0 saturated heterocycles. The molecule has 0 spiro atoms. The summed E-state index contributed by atoms with van der Waals surface area (Å²) in [5, 5.41) is 0. The summed E-state index contributed by atoms with van der Waals surface area (Å²) in [5.41, 5.74) is 5.30. The minimum Gasteiger partial charge on any atom is -0.492 e. The van der Waals surface area contributed by atoms with Crippen LogP contribution in [0.15, 0.2) is 48.5 Å². The minimum absolute atomic E-state index is 0.700. The Morgan fingerprint density at radius 3 is 1.20 bits per heavy atom. The van der Waals surface area contributed by atoms with Crippen molar-refractivity contribution in [3.05, 3.63) is 59.7 Å². The Morgan fingerprint density at radius 1 is 0.600 bits per heavy atom. The molecule has 4 heteroatoms. The Kier molecular flexibility index (Phi) is 9.92. The van der Waals surface area contributed by atoms with Gasteiger partial charge in [-0.05, 0) is 87.6 Å². The van der Waals surface area contributed by atoms with E-state index in [1.54, 1.807) is 0 Å². The maximum atomic E-state index is 5.84. The van der Waals surface area contributed by atoms with E-state index in [1.165, 1.54) is 22.3 Å². The highest BCUT2D eigenvalue weighted by Crippen LogP contribution is 2.32. The molecular weight excluding hydrogens is 372 g/mol. The molecule has 30 heavy (non-hydrogen) atoms. The molecule has 2 aromatic carbocycles. The van der Waals surface area contributed by atoms with E-state index in [2.05, 4.69) is 100 Å². The Balaban J connectivity index is 2.15. The molecule has 0 heterocycles.